The summed E-state index contributed by atoms with van der Waals surface area (Å²) in [6, 6.07) is 5.33. The van der Waals surface area contributed by atoms with Gasteiger partial charge in [-0.15, -0.1) is 0 Å². The molecular weight excluding hydrogens is 498 g/mol. The zero-order chi connectivity index (χ0) is 26.8. The molecule has 0 radical (unpaired) electrons. The molecule has 0 unspecified atom stereocenters. The average Bonchev–Trinajstić information content (AvgIpc) is 2.80. The van der Waals surface area contributed by atoms with Crippen LogP contribution in [0.3, 0.4) is 0 Å². The van der Waals surface area contributed by atoms with Crippen molar-refractivity contribution in [3.8, 4) is 11.5 Å². The maximum atomic E-state index is 11.9. The number of carbonyl (C=O) groups excluding carboxylic acids is 4. The van der Waals surface area contributed by atoms with Gasteiger partial charge in [0, 0.05) is 45.9 Å². The standard InChI is InChI=1S/C23H31NO11S/c1-12(25)31-11-19-20(32-13(2)26)21(33-14(3)27)22(34-15(4)28)23(35-19)36-24-10-16-7-8-17(29-5)9-18(16)30-6/h7-9,19-24H,10-11H2,1-6H3/t19-,20-,21+,22-,23+/m1/s1. The van der Waals surface area contributed by atoms with E-state index in [4.69, 9.17) is 33.2 Å². The van der Waals surface area contributed by atoms with Crippen LogP contribution in [0.15, 0.2) is 18.2 Å². The smallest absolute Gasteiger partial charge is 0.303 e. The number of hydrogen-bond acceptors (Lipinski definition) is 13. The van der Waals surface area contributed by atoms with E-state index in [1.807, 2.05) is 6.07 Å². The molecule has 1 fully saturated rings. The van der Waals surface area contributed by atoms with Crippen LogP contribution in [-0.4, -0.2) is 74.6 Å². The fourth-order valence-electron chi connectivity index (χ4n) is 3.48. The predicted molar refractivity (Wildman–Crippen MR) is 126 cm³/mol. The molecule has 0 aliphatic carbocycles. The fraction of sp³-hybridized carbons (Fsp3) is 0.565. The van der Waals surface area contributed by atoms with E-state index in [-0.39, 0.29) is 6.61 Å². The molecule has 0 saturated carbocycles. The summed E-state index contributed by atoms with van der Waals surface area (Å²) in [6.07, 6.45) is -4.59. The lowest BCUT2D eigenvalue weighted by Gasteiger charge is -2.44. The van der Waals surface area contributed by atoms with E-state index in [9.17, 15) is 19.2 Å². The monoisotopic (exact) mass is 529 g/mol. The summed E-state index contributed by atoms with van der Waals surface area (Å²) >= 11 is 1.05. The summed E-state index contributed by atoms with van der Waals surface area (Å²) in [6.45, 7) is 4.76. The molecule has 13 heteroatoms. The molecule has 1 heterocycles. The number of rotatable bonds is 11. The highest BCUT2D eigenvalue weighted by Gasteiger charge is 2.52. The molecule has 1 aromatic carbocycles. The molecule has 1 aromatic rings. The van der Waals surface area contributed by atoms with Crippen molar-refractivity contribution in [2.75, 3.05) is 20.8 Å². The predicted octanol–water partition coefficient (Wildman–Crippen LogP) is 1.52. The zero-order valence-electron chi connectivity index (χ0n) is 20.9. The lowest BCUT2D eigenvalue weighted by Crippen LogP contribution is -2.61. The first-order valence-electron chi connectivity index (χ1n) is 11.0. The first-order chi connectivity index (χ1) is 17.0. The highest BCUT2D eigenvalue weighted by molar-refractivity contribution is 7.97. The Bertz CT molecular complexity index is 941. The van der Waals surface area contributed by atoms with E-state index in [1.54, 1.807) is 19.2 Å². The van der Waals surface area contributed by atoms with E-state index >= 15 is 0 Å². The topological polar surface area (TPSA) is 145 Å². The first kappa shape index (κ1) is 29.2. The zero-order valence-corrected chi connectivity index (χ0v) is 21.7. The molecule has 0 amide bonds. The minimum absolute atomic E-state index is 0.290. The highest BCUT2D eigenvalue weighted by Crippen LogP contribution is 2.34. The third-order valence-electron chi connectivity index (χ3n) is 4.90. The summed E-state index contributed by atoms with van der Waals surface area (Å²) in [5, 5.41) is 0. The summed E-state index contributed by atoms with van der Waals surface area (Å²) < 4.78 is 41.1. The Labute approximate surface area is 213 Å². The van der Waals surface area contributed by atoms with Gasteiger partial charge in [0.25, 0.3) is 0 Å². The van der Waals surface area contributed by atoms with Gasteiger partial charge in [0.15, 0.2) is 23.7 Å². The Morgan fingerprint density at radius 1 is 0.861 bits per heavy atom. The molecule has 1 aliphatic heterocycles. The molecule has 36 heavy (non-hydrogen) atoms. The molecule has 5 atom stereocenters. The average molecular weight is 530 g/mol. The van der Waals surface area contributed by atoms with Crippen LogP contribution in [0.2, 0.25) is 0 Å². The fourth-order valence-corrected chi connectivity index (χ4v) is 4.43. The minimum atomic E-state index is -1.22. The molecular formula is C23H31NO11S. The molecule has 200 valence electrons. The molecule has 1 saturated heterocycles. The van der Waals surface area contributed by atoms with Gasteiger partial charge in [-0.3, -0.25) is 23.9 Å². The molecule has 1 aliphatic rings. The van der Waals surface area contributed by atoms with Crippen molar-refractivity contribution in [3.63, 3.8) is 0 Å². The molecule has 0 bridgehead atoms. The van der Waals surface area contributed by atoms with E-state index < -0.39 is 53.7 Å². The number of esters is 4. The maximum absolute atomic E-state index is 11.9. The Hall–Kier alpha value is -3.03. The van der Waals surface area contributed by atoms with Crippen LogP contribution in [0.4, 0.5) is 0 Å². The SMILES string of the molecule is COc1ccc(CNS[C@@H]2O[C@H](COC(C)=O)[C@@H](OC(C)=O)[C@H](OC(C)=O)[C@H]2OC(C)=O)c(OC)c1. The summed E-state index contributed by atoms with van der Waals surface area (Å²) in [7, 11) is 3.08. The van der Waals surface area contributed by atoms with Gasteiger partial charge in [-0.1, -0.05) is 6.07 Å². The van der Waals surface area contributed by atoms with Gasteiger partial charge in [-0.25, -0.2) is 0 Å². The van der Waals surface area contributed by atoms with Crippen LogP contribution < -0.4 is 14.2 Å². The van der Waals surface area contributed by atoms with Gasteiger partial charge in [0.05, 0.1) is 14.2 Å². The molecule has 1 N–H and O–H groups in total. The lowest BCUT2D eigenvalue weighted by molar-refractivity contribution is -0.237. The van der Waals surface area contributed by atoms with E-state index in [1.165, 1.54) is 34.8 Å². The summed E-state index contributed by atoms with van der Waals surface area (Å²) in [5.74, 6) is -1.41. The normalized spacial score (nSPS) is 23.2. The van der Waals surface area contributed by atoms with Crippen molar-refractivity contribution in [3.05, 3.63) is 23.8 Å². The molecule has 12 nitrogen and oxygen atoms in total. The van der Waals surface area contributed by atoms with Crippen LogP contribution in [0.5, 0.6) is 11.5 Å². The third-order valence-corrected chi connectivity index (χ3v) is 5.83. The number of nitrogens with one attached hydrogen (secondary N) is 1. The van der Waals surface area contributed by atoms with Crippen LogP contribution in [0.25, 0.3) is 0 Å². The van der Waals surface area contributed by atoms with E-state index in [0.29, 0.717) is 18.0 Å². The third kappa shape index (κ3) is 8.57. The lowest BCUT2D eigenvalue weighted by atomic mass is 9.99. The maximum Gasteiger partial charge on any atom is 0.303 e. The molecule has 2 rings (SSSR count). The van der Waals surface area contributed by atoms with Gasteiger partial charge in [0.1, 0.15) is 24.2 Å². The van der Waals surface area contributed by atoms with Crippen molar-refractivity contribution in [2.45, 2.75) is 64.1 Å². The van der Waals surface area contributed by atoms with Gasteiger partial charge in [0.2, 0.25) is 0 Å². The van der Waals surface area contributed by atoms with Gasteiger partial charge < -0.3 is 33.2 Å². The molecule has 0 spiro atoms. The van der Waals surface area contributed by atoms with E-state index in [0.717, 1.165) is 17.5 Å². The number of hydrogen-bond donors (Lipinski definition) is 1. The van der Waals surface area contributed by atoms with Crippen LogP contribution in [0, 0.1) is 0 Å². The Morgan fingerprint density at radius 2 is 1.47 bits per heavy atom. The number of carbonyl (C=O) groups is 4. The number of methoxy groups -OCH3 is 2. The van der Waals surface area contributed by atoms with Crippen molar-refractivity contribution >= 4 is 35.8 Å². The second kappa shape index (κ2) is 13.9. The summed E-state index contributed by atoms with van der Waals surface area (Å²) in [4.78, 5) is 47.0. The number of ether oxygens (including phenoxy) is 7. The first-order valence-corrected chi connectivity index (χ1v) is 11.8. The van der Waals surface area contributed by atoms with Crippen LogP contribution in [-0.2, 0) is 49.4 Å². The highest BCUT2D eigenvalue weighted by atomic mass is 32.2. The Morgan fingerprint density at radius 3 is 2.03 bits per heavy atom. The number of benzene rings is 1. The van der Waals surface area contributed by atoms with Crippen molar-refractivity contribution in [2.24, 2.45) is 0 Å². The van der Waals surface area contributed by atoms with Crippen molar-refractivity contribution in [1.82, 2.24) is 4.72 Å². The Kier molecular flexibility index (Phi) is 11.3. The van der Waals surface area contributed by atoms with E-state index in [2.05, 4.69) is 4.72 Å². The summed E-state index contributed by atoms with van der Waals surface area (Å²) in [5.41, 5.74) is -0.133. The van der Waals surface area contributed by atoms with Gasteiger partial charge in [-0.2, -0.15) is 0 Å². The quantitative estimate of drug-likeness (QED) is 0.251. The largest absolute Gasteiger partial charge is 0.497 e. The van der Waals surface area contributed by atoms with Crippen LogP contribution in [0.1, 0.15) is 33.3 Å². The van der Waals surface area contributed by atoms with Gasteiger partial charge >= 0.3 is 23.9 Å². The minimum Gasteiger partial charge on any atom is -0.497 e. The van der Waals surface area contributed by atoms with Crippen LogP contribution >= 0.6 is 11.9 Å². The second-order valence-electron chi connectivity index (χ2n) is 7.68. The Balaban J connectivity index is 2.30. The molecule has 0 aromatic heterocycles. The second-order valence-corrected chi connectivity index (χ2v) is 8.67. The van der Waals surface area contributed by atoms with Gasteiger partial charge in [-0.05, 0) is 18.0 Å². The van der Waals surface area contributed by atoms with Crippen molar-refractivity contribution in [1.29, 1.82) is 0 Å². The van der Waals surface area contributed by atoms with Crippen molar-refractivity contribution < 1.29 is 52.3 Å².